The van der Waals surface area contributed by atoms with E-state index in [1.807, 2.05) is 12.2 Å². The standard InChI is InChI=1S/C30H50O5/c1-29(2,21-31)19-7-5-11-22-13-9-15-24(26(22)32)17-18-25-16-10-14-23(27(25)33)12-6-8-20-30(3,4)28(34)35/h17-18,22-25,31H,5-16,19-21H2,1-4H3,(H,34,35)/b18-17-. The Bertz CT molecular complexity index is 735. The second-order valence-corrected chi connectivity index (χ2v) is 12.7. The Hall–Kier alpha value is -1.49. The first-order valence-corrected chi connectivity index (χ1v) is 14.1. The lowest BCUT2D eigenvalue weighted by atomic mass is 9.75. The molecule has 4 atom stereocenters. The Balaban J connectivity index is 1.80. The first kappa shape index (κ1) is 29.7. The third-order valence-corrected chi connectivity index (χ3v) is 8.51. The Morgan fingerprint density at radius 3 is 1.69 bits per heavy atom. The Kier molecular flexibility index (Phi) is 11.7. The number of aliphatic hydroxyl groups is 1. The molecule has 2 N–H and O–H groups in total. The second kappa shape index (κ2) is 13.7. The number of hydrogen-bond acceptors (Lipinski definition) is 4. The number of unbranched alkanes of at least 4 members (excludes halogenated alkanes) is 2. The molecule has 0 aromatic heterocycles. The lowest BCUT2D eigenvalue weighted by Gasteiger charge is -2.28. The third kappa shape index (κ3) is 9.48. The second-order valence-electron chi connectivity index (χ2n) is 12.7. The maximum Gasteiger partial charge on any atom is 0.309 e. The molecule has 0 radical (unpaired) electrons. The predicted molar refractivity (Wildman–Crippen MR) is 140 cm³/mol. The largest absolute Gasteiger partial charge is 0.481 e. The molecule has 0 bridgehead atoms. The first-order chi connectivity index (χ1) is 16.5. The van der Waals surface area contributed by atoms with Gasteiger partial charge in [-0.05, 0) is 70.6 Å². The summed E-state index contributed by atoms with van der Waals surface area (Å²) in [6.45, 7) is 7.88. The average Bonchev–Trinajstić information content (AvgIpc) is 2.81. The molecular weight excluding hydrogens is 440 g/mol. The molecule has 4 unspecified atom stereocenters. The molecule has 2 aliphatic rings. The van der Waals surface area contributed by atoms with Crippen LogP contribution in [0.2, 0.25) is 0 Å². The number of ketones is 2. The zero-order valence-corrected chi connectivity index (χ0v) is 22.7. The molecule has 5 nitrogen and oxygen atoms in total. The van der Waals surface area contributed by atoms with Gasteiger partial charge in [0.05, 0.1) is 5.41 Å². The number of hydrogen-bond donors (Lipinski definition) is 2. The molecule has 0 amide bonds. The van der Waals surface area contributed by atoms with Crippen LogP contribution in [0.5, 0.6) is 0 Å². The fraction of sp³-hybridized carbons (Fsp3) is 0.833. The van der Waals surface area contributed by atoms with Crippen LogP contribution in [-0.2, 0) is 14.4 Å². The zero-order valence-electron chi connectivity index (χ0n) is 22.7. The van der Waals surface area contributed by atoms with Crippen LogP contribution >= 0.6 is 0 Å². The molecule has 35 heavy (non-hydrogen) atoms. The summed E-state index contributed by atoms with van der Waals surface area (Å²) >= 11 is 0. The highest BCUT2D eigenvalue weighted by atomic mass is 16.4. The van der Waals surface area contributed by atoms with E-state index in [1.54, 1.807) is 13.8 Å². The number of allylic oxidation sites excluding steroid dienone is 2. The van der Waals surface area contributed by atoms with Gasteiger partial charge in [0.1, 0.15) is 11.6 Å². The lowest BCUT2D eigenvalue weighted by Crippen LogP contribution is -2.29. The minimum atomic E-state index is -0.762. The van der Waals surface area contributed by atoms with Gasteiger partial charge >= 0.3 is 5.97 Å². The van der Waals surface area contributed by atoms with Gasteiger partial charge in [0.15, 0.2) is 0 Å². The van der Waals surface area contributed by atoms with E-state index >= 15 is 0 Å². The van der Waals surface area contributed by atoms with Crippen molar-refractivity contribution in [3.8, 4) is 0 Å². The van der Waals surface area contributed by atoms with Crippen LogP contribution in [0.15, 0.2) is 12.2 Å². The topological polar surface area (TPSA) is 91.7 Å². The fourth-order valence-corrected chi connectivity index (χ4v) is 5.70. The van der Waals surface area contributed by atoms with Crippen LogP contribution < -0.4 is 0 Å². The molecule has 200 valence electrons. The van der Waals surface area contributed by atoms with Crippen molar-refractivity contribution in [3.05, 3.63) is 12.2 Å². The minimum Gasteiger partial charge on any atom is -0.481 e. The smallest absolute Gasteiger partial charge is 0.309 e. The monoisotopic (exact) mass is 490 g/mol. The number of carbonyl (C=O) groups is 3. The minimum absolute atomic E-state index is 0.0404. The molecule has 2 rings (SSSR count). The van der Waals surface area contributed by atoms with Gasteiger partial charge in [-0.1, -0.05) is 64.5 Å². The molecule has 0 heterocycles. The van der Waals surface area contributed by atoms with Crippen molar-refractivity contribution in [2.45, 2.75) is 118 Å². The molecule has 2 aliphatic carbocycles. The van der Waals surface area contributed by atoms with E-state index in [-0.39, 0.29) is 35.7 Å². The molecule has 0 spiro atoms. The maximum atomic E-state index is 13.1. The van der Waals surface area contributed by atoms with Gasteiger partial charge in [0, 0.05) is 30.3 Å². The van der Waals surface area contributed by atoms with E-state index < -0.39 is 11.4 Å². The van der Waals surface area contributed by atoms with Crippen LogP contribution in [-0.4, -0.2) is 34.4 Å². The number of aliphatic hydroxyl groups excluding tert-OH is 1. The molecule has 0 aromatic rings. The number of rotatable bonds is 14. The van der Waals surface area contributed by atoms with Gasteiger partial charge < -0.3 is 10.2 Å². The van der Waals surface area contributed by atoms with E-state index in [4.69, 9.17) is 0 Å². The van der Waals surface area contributed by atoms with Crippen LogP contribution in [0.25, 0.3) is 0 Å². The number of carboxylic acid groups (broad SMARTS) is 1. The summed E-state index contributed by atoms with van der Waals surface area (Å²) < 4.78 is 0. The van der Waals surface area contributed by atoms with E-state index in [9.17, 15) is 24.6 Å². The molecule has 0 aliphatic heterocycles. The highest BCUT2D eigenvalue weighted by molar-refractivity contribution is 5.87. The average molecular weight is 491 g/mol. The quantitative estimate of drug-likeness (QED) is 0.207. The number of carbonyl (C=O) groups excluding carboxylic acids is 2. The van der Waals surface area contributed by atoms with Gasteiger partial charge in [0.25, 0.3) is 0 Å². The van der Waals surface area contributed by atoms with E-state index in [1.165, 1.54) is 0 Å². The van der Waals surface area contributed by atoms with E-state index in [0.717, 1.165) is 83.5 Å². The van der Waals surface area contributed by atoms with Crippen LogP contribution in [0, 0.1) is 34.5 Å². The molecule has 0 saturated heterocycles. The fourth-order valence-electron chi connectivity index (χ4n) is 5.70. The van der Waals surface area contributed by atoms with Gasteiger partial charge in [0.2, 0.25) is 0 Å². The van der Waals surface area contributed by atoms with Crippen molar-refractivity contribution >= 4 is 17.5 Å². The summed E-state index contributed by atoms with van der Waals surface area (Å²) in [4.78, 5) is 37.4. The lowest BCUT2D eigenvalue weighted by molar-refractivity contribution is -0.147. The van der Waals surface area contributed by atoms with Crippen LogP contribution in [0.3, 0.4) is 0 Å². The Labute approximate surface area is 213 Å². The van der Waals surface area contributed by atoms with Gasteiger partial charge in [-0.15, -0.1) is 0 Å². The molecule has 0 aromatic carbocycles. The summed E-state index contributed by atoms with van der Waals surface area (Å²) in [7, 11) is 0. The summed E-state index contributed by atoms with van der Waals surface area (Å²) in [6.07, 6.45) is 17.1. The molecular formula is C30H50O5. The molecule has 2 fully saturated rings. The van der Waals surface area contributed by atoms with Gasteiger partial charge in [-0.25, -0.2) is 0 Å². The van der Waals surface area contributed by atoms with Crippen LogP contribution in [0.1, 0.15) is 118 Å². The first-order valence-electron chi connectivity index (χ1n) is 14.1. The van der Waals surface area contributed by atoms with Crippen molar-refractivity contribution in [1.82, 2.24) is 0 Å². The summed E-state index contributed by atoms with van der Waals surface area (Å²) in [5, 5.41) is 18.7. The van der Waals surface area contributed by atoms with Gasteiger partial charge in [-0.3, -0.25) is 14.4 Å². The number of Topliss-reactive ketones (excluding diaryl/α,β-unsaturated/α-hetero) is 2. The molecule has 5 heteroatoms. The van der Waals surface area contributed by atoms with E-state index in [2.05, 4.69) is 13.8 Å². The van der Waals surface area contributed by atoms with Crippen molar-refractivity contribution in [2.75, 3.05) is 6.61 Å². The van der Waals surface area contributed by atoms with E-state index in [0.29, 0.717) is 18.0 Å². The SMILES string of the molecule is CC(C)(CO)CCCCC1CCCC(/C=C\C2CCCC(CCCCC(C)(C)C(=O)O)C2=O)C1=O. The van der Waals surface area contributed by atoms with Crippen LogP contribution in [0.4, 0.5) is 0 Å². The normalized spacial score (nSPS) is 26.4. The Morgan fingerprint density at radius 1 is 0.800 bits per heavy atom. The van der Waals surface area contributed by atoms with Crippen molar-refractivity contribution < 1.29 is 24.6 Å². The summed E-state index contributed by atoms with van der Waals surface area (Å²) in [5.74, 6) is 0.00429. The van der Waals surface area contributed by atoms with Crippen molar-refractivity contribution in [1.29, 1.82) is 0 Å². The number of carboxylic acids is 1. The highest BCUT2D eigenvalue weighted by Crippen LogP contribution is 2.34. The summed E-state index contributed by atoms with van der Waals surface area (Å²) in [6, 6.07) is 0. The predicted octanol–water partition coefficient (Wildman–Crippen LogP) is 6.76. The maximum absolute atomic E-state index is 13.1. The van der Waals surface area contributed by atoms with Gasteiger partial charge in [-0.2, -0.15) is 0 Å². The summed E-state index contributed by atoms with van der Waals surface area (Å²) in [5.41, 5.74) is -0.746. The highest BCUT2D eigenvalue weighted by Gasteiger charge is 2.32. The van der Waals surface area contributed by atoms with Crippen molar-refractivity contribution in [3.63, 3.8) is 0 Å². The Morgan fingerprint density at radius 2 is 1.26 bits per heavy atom. The third-order valence-electron chi connectivity index (χ3n) is 8.51. The molecule has 2 saturated carbocycles. The zero-order chi connectivity index (χ0) is 26.1. The number of aliphatic carboxylic acids is 1. The van der Waals surface area contributed by atoms with Crippen molar-refractivity contribution in [2.24, 2.45) is 34.5 Å².